The molecule has 2 aliphatic rings. The first kappa shape index (κ1) is 16.7. The Kier molecular flexibility index (Phi) is 4.73. The van der Waals surface area contributed by atoms with Crippen LogP contribution in [0.1, 0.15) is 68.1 Å². The summed E-state index contributed by atoms with van der Waals surface area (Å²) in [5.41, 5.74) is -0.662. The average molecular weight is 332 g/mol. The third-order valence-electron chi connectivity index (χ3n) is 5.50. The lowest BCUT2D eigenvalue weighted by Gasteiger charge is -2.40. The monoisotopic (exact) mass is 332 g/mol. The molecule has 0 amide bonds. The van der Waals surface area contributed by atoms with Crippen LogP contribution in [0.25, 0.3) is 0 Å². The molecule has 1 aromatic carbocycles. The van der Waals surface area contributed by atoms with Crippen LogP contribution in [-0.2, 0) is 0 Å². The molecule has 1 aromatic rings. The van der Waals surface area contributed by atoms with Crippen LogP contribution in [0.5, 0.6) is 5.75 Å². The fourth-order valence-electron chi connectivity index (χ4n) is 4.29. The highest BCUT2D eigenvalue weighted by Crippen LogP contribution is 2.47. The van der Waals surface area contributed by atoms with Crippen LogP contribution in [0, 0.1) is 16.0 Å². The molecule has 6 nitrogen and oxygen atoms in total. The van der Waals surface area contributed by atoms with Gasteiger partial charge in [-0.15, -0.1) is 0 Å². The van der Waals surface area contributed by atoms with E-state index >= 15 is 0 Å². The molecule has 0 radical (unpaired) electrons. The summed E-state index contributed by atoms with van der Waals surface area (Å²) in [4.78, 5) is 21.9. The van der Waals surface area contributed by atoms with Crippen LogP contribution in [-0.4, -0.2) is 16.5 Å². The quantitative estimate of drug-likeness (QED) is 0.609. The topological polar surface area (TPSA) is 92.5 Å². The van der Waals surface area contributed by atoms with E-state index in [1.165, 1.54) is 24.6 Å². The van der Waals surface area contributed by atoms with Gasteiger partial charge in [0, 0.05) is 11.6 Å². The van der Waals surface area contributed by atoms with E-state index in [1.54, 1.807) is 0 Å². The van der Waals surface area contributed by atoms with Gasteiger partial charge in [0.1, 0.15) is 5.60 Å². The van der Waals surface area contributed by atoms with Crippen LogP contribution in [0.3, 0.4) is 0 Å². The first-order valence-corrected chi connectivity index (χ1v) is 8.71. The third-order valence-corrected chi connectivity index (χ3v) is 5.50. The van der Waals surface area contributed by atoms with Crippen molar-refractivity contribution in [1.29, 1.82) is 0 Å². The van der Waals surface area contributed by atoms with Gasteiger partial charge in [-0.05, 0) is 56.6 Å². The molecule has 130 valence electrons. The van der Waals surface area contributed by atoms with Crippen molar-refractivity contribution in [2.45, 2.75) is 63.4 Å². The molecule has 0 saturated heterocycles. The Balaban J connectivity index is 1.95. The molecule has 0 unspecified atom stereocenters. The van der Waals surface area contributed by atoms with Crippen LogP contribution in [0.15, 0.2) is 18.2 Å². The average Bonchev–Trinajstić information content (AvgIpc) is 3.05. The van der Waals surface area contributed by atoms with Crippen LogP contribution in [0.4, 0.5) is 5.69 Å². The van der Waals surface area contributed by atoms with Gasteiger partial charge in [-0.2, -0.15) is 0 Å². The highest BCUT2D eigenvalue weighted by molar-refractivity contribution is 5.87. The van der Waals surface area contributed by atoms with E-state index in [2.05, 4.69) is 0 Å². The predicted molar refractivity (Wildman–Crippen MR) is 85.8 cm³/mol. The van der Waals surface area contributed by atoms with Crippen molar-refractivity contribution in [2.24, 2.45) is 5.92 Å². The van der Waals surface area contributed by atoms with E-state index < -0.39 is 16.5 Å². The Morgan fingerprint density at radius 2 is 1.79 bits per heavy atom. The third kappa shape index (κ3) is 3.23. The normalized spacial score (nSPS) is 20.7. The molecular weight excluding hydrogens is 310 g/mol. The largest absolute Gasteiger partial charge is 0.545 e. The molecule has 0 N–H and O–H groups in total. The van der Waals surface area contributed by atoms with Gasteiger partial charge in [-0.1, -0.05) is 19.3 Å². The van der Waals surface area contributed by atoms with E-state index in [1.807, 2.05) is 0 Å². The molecule has 2 aliphatic carbocycles. The van der Waals surface area contributed by atoms with Gasteiger partial charge in [0.05, 0.1) is 10.9 Å². The number of carboxylic acid groups (broad SMARTS) is 1. The molecule has 2 fully saturated rings. The maximum Gasteiger partial charge on any atom is 0.310 e. The number of rotatable bonds is 5. The van der Waals surface area contributed by atoms with Gasteiger partial charge in [-0.25, -0.2) is 0 Å². The Labute approximate surface area is 141 Å². The second kappa shape index (κ2) is 6.79. The van der Waals surface area contributed by atoms with E-state index in [9.17, 15) is 20.0 Å². The zero-order valence-electron chi connectivity index (χ0n) is 13.7. The summed E-state index contributed by atoms with van der Waals surface area (Å²) < 4.78 is 6.25. The number of hydrogen-bond donors (Lipinski definition) is 0. The van der Waals surface area contributed by atoms with Gasteiger partial charge < -0.3 is 14.6 Å². The lowest BCUT2D eigenvalue weighted by molar-refractivity contribution is -0.386. The Hall–Kier alpha value is -2.11. The number of carbonyl (C=O) groups excluding carboxylic acids is 1. The summed E-state index contributed by atoms with van der Waals surface area (Å²) in [6.07, 6.45) is 9.56. The molecule has 0 bridgehead atoms. The Bertz CT molecular complexity index is 630. The van der Waals surface area contributed by atoms with Crippen molar-refractivity contribution in [1.82, 2.24) is 0 Å². The molecule has 0 spiro atoms. The fraction of sp³-hybridized carbons (Fsp3) is 0.611. The molecule has 3 rings (SSSR count). The number of nitro benzene ring substituents is 1. The van der Waals surface area contributed by atoms with Crippen molar-refractivity contribution in [3.05, 3.63) is 33.9 Å². The maximum atomic E-state index is 11.3. The van der Waals surface area contributed by atoms with E-state index in [4.69, 9.17) is 4.74 Å². The fourth-order valence-corrected chi connectivity index (χ4v) is 4.29. The number of ether oxygens (including phenoxy) is 1. The van der Waals surface area contributed by atoms with Crippen LogP contribution < -0.4 is 9.84 Å². The number of nitro groups is 1. The number of benzene rings is 1. The van der Waals surface area contributed by atoms with Crippen LogP contribution >= 0.6 is 0 Å². The van der Waals surface area contributed by atoms with Gasteiger partial charge in [0.25, 0.3) is 0 Å². The minimum atomic E-state index is -1.35. The van der Waals surface area contributed by atoms with Crippen molar-refractivity contribution in [3.8, 4) is 5.75 Å². The highest BCUT2D eigenvalue weighted by Gasteiger charge is 2.44. The molecule has 0 aromatic heterocycles. The van der Waals surface area contributed by atoms with Crippen molar-refractivity contribution in [2.75, 3.05) is 0 Å². The number of carbonyl (C=O) groups is 1. The molecule has 2 saturated carbocycles. The highest BCUT2D eigenvalue weighted by atomic mass is 16.6. The predicted octanol–water partition coefficient (Wildman–Crippen LogP) is 3.23. The number of hydrogen-bond acceptors (Lipinski definition) is 5. The molecule has 0 atom stereocenters. The number of aromatic carboxylic acids is 1. The lowest BCUT2D eigenvalue weighted by Crippen LogP contribution is -2.42. The minimum absolute atomic E-state index is 0.0640. The molecular formula is C18H22NO5-. The zero-order valence-corrected chi connectivity index (χ0v) is 13.7. The summed E-state index contributed by atoms with van der Waals surface area (Å²) in [5.74, 6) is -0.901. The summed E-state index contributed by atoms with van der Waals surface area (Å²) >= 11 is 0. The van der Waals surface area contributed by atoms with Crippen molar-refractivity contribution >= 4 is 11.7 Å². The standard InChI is InChI=1S/C18H23NO5/c20-17(21)13-8-9-15(19(22)23)16(12-13)24-18(10-4-5-11-18)14-6-2-1-3-7-14/h8-9,12,14H,1-7,10-11H2,(H,20,21)/p-1. The summed E-state index contributed by atoms with van der Waals surface area (Å²) in [5, 5.41) is 22.4. The van der Waals surface area contributed by atoms with E-state index in [0.717, 1.165) is 51.4 Å². The minimum Gasteiger partial charge on any atom is -0.545 e. The van der Waals surface area contributed by atoms with Gasteiger partial charge >= 0.3 is 5.69 Å². The Morgan fingerprint density at radius 1 is 1.12 bits per heavy atom. The smallest absolute Gasteiger partial charge is 0.310 e. The SMILES string of the molecule is O=C([O-])c1ccc([N+](=O)[O-])c(OC2(C3CCCCC3)CCCC2)c1. The molecule has 0 aliphatic heterocycles. The van der Waals surface area contributed by atoms with Crippen molar-refractivity contribution < 1.29 is 19.6 Å². The molecule has 6 heteroatoms. The van der Waals surface area contributed by atoms with Crippen LogP contribution in [0.2, 0.25) is 0 Å². The number of carboxylic acids is 1. The summed E-state index contributed by atoms with van der Waals surface area (Å²) in [6.45, 7) is 0. The lowest BCUT2D eigenvalue weighted by atomic mass is 9.75. The summed E-state index contributed by atoms with van der Waals surface area (Å²) in [7, 11) is 0. The second-order valence-corrected chi connectivity index (χ2v) is 6.94. The Morgan fingerprint density at radius 3 is 2.38 bits per heavy atom. The zero-order chi connectivity index (χ0) is 17.2. The van der Waals surface area contributed by atoms with Gasteiger partial charge in [0.15, 0.2) is 5.75 Å². The molecule has 24 heavy (non-hydrogen) atoms. The maximum absolute atomic E-state index is 11.3. The number of nitrogens with zero attached hydrogens (tertiary/aromatic N) is 1. The molecule has 0 heterocycles. The first-order valence-electron chi connectivity index (χ1n) is 8.71. The second-order valence-electron chi connectivity index (χ2n) is 6.94. The van der Waals surface area contributed by atoms with Gasteiger partial charge in [-0.3, -0.25) is 10.1 Å². The first-order chi connectivity index (χ1) is 11.5. The van der Waals surface area contributed by atoms with Crippen molar-refractivity contribution in [3.63, 3.8) is 0 Å². The van der Waals surface area contributed by atoms with Gasteiger partial charge in [0.2, 0.25) is 0 Å². The van der Waals surface area contributed by atoms with E-state index in [0.29, 0.717) is 5.92 Å². The summed E-state index contributed by atoms with van der Waals surface area (Å²) in [6, 6.07) is 3.64. The van der Waals surface area contributed by atoms with E-state index in [-0.39, 0.29) is 17.0 Å².